The van der Waals surface area contributed by atoms with E-state index in [1.807, 2.05) is 60.6 Å². The monoisotopic (exact) mass is 798 g/mol. The summed E-state index contributed by atoms with van der Waals surface area (Å²) >= 11 is 1.90. The molecule has 12 rings (SSSR count). The Labute approximate surface area is 359 Å². The van der Waals surface area contributed by atoms with Gasteiger partial charge in [-0.15, -0.1) is 0 Å². The van der Waals surface area contributed by atoms with E-state index in [1.54, 1.807) is 6.20 Å². The van der Waals surface area contributed by atoms with E-state index in [0.717, 1.165) is 39.3 Å². The molecule has 1 spiro atoms. The Hall–Kier alpha value is -7.21. The average Bonchev–Trinajstić information content (AvgIpc) is 3.44. The summed E-state index contributed by atoms with van der Waals surface area (Å²) in [7, 11) is 0. The lowest BCUT2D eigenvalue weighted by Crippen LogP contribution is -2.35. The summed E-state index contributed by atoms with van der Waals surface area (Å²) in [5.41, 5.74) is 18.6. The number of aromatic nitrogens is 4. The van der Waals surface area contributed by atoms with Crippen LogP contribution in [0.3, 0.4) is 0 Å². The van der Waals surface area contributed by atoms with Gasteiger partial charge in [0.2, 0.25) is 0 Å². The minimum absolute atomic E-state index is 0.116. The van der Waals surface area contributed by atoms with E-state index in [4.69, 9.17) is 15.0 Å². The molecular formula is C56H38N4S. The molecule has 0 radical (unpaired) electrons. The highest BCUT2D eigenvalue weighted by Gasteiger charge is 2.49. The Bertz CT molecular complexity index is 3250. The van der Waals surface area contributed by atoms with E-state index in [-0.39, 0.29) is 5.41 Å². The molecule has 3 aliphatic rings. The molecule has 0 N–H and O–H groups in total. The van der Waals surface area contributed by atoms with E-state index >= 15 is 0 Å². The van der Waals surface area contributed by atoms with Gasteiger partial charge in [-0.1, -0.05) is 147 Å². The normalized spacial score (nSPS) is 16.1. The summed E-state index contributed by atoms with van der Waals surface area (Å²) in [6.45, 7) is 4.75. The van der Waals surface area contributed by atoms with Crippen molar-refractivity contribution in [1.29, 1.82) is 0 Å². The van der Waals surface area contributed by atoms with Gasteiger partial charge in [-0.2, -0.15) is 0 Å². The number of nitrogens with zero attached hydrogens (tertiary/aromatic N) is 4. The zero-order valence-electron chi connectivity index (χ0n) is 33.7. The maximum Gasteiger partial charge on any atom is 0.160 e. The summed E-state index contributed by atoms with van der Waals surface area (Å²) in [4.78, 5) is 22.2. The predicted octanol–water partition coefficient (Wildman–Crippen LogP) is 13.6. The van der Waals surface area contributed by atoms with Crippen molar-refractivity contribution in [3.05, 3.63) is 227 Å². The van der Waals surface area contributed by atoms with Crippen LogP contribution in [0.4, 0.5) is 0 Å². The number of fused-ring (bicyclic) bond motifs is 11. The molecule has 0 bridgehead atoms. The van der Waals surface area contributed by atoms with Gasteiger partial charge in [-0.05, 0) is 110 Å². The molecule has 0 saturated heterocycles. The minimum Gasteiger partial charge on any atom is -0.264 e. The SMILES string of the molecule is CC1(C)c2ccccc2-c2cc3c(cc21)Sc1ccccc1C31c2ccccc2C=Cc2ccc(-c3cc(-c4ccc(-c5cccnc5)nc4)nc(-c4ccccc4)n3)cc21. The molecule has 2 aliphatic carbocycles. The first-order chi connectivity index (χ1) is 30.0. The van der Waals surface area contributed by atoms with Gasteiger partial charge in [-0.25, -0.2) is 9.97 Å². The Kier molecular flexibility index (Phi) is 8.00. The predicted molar refractivity (Wildman–Crippen MR) is 248 cm³/mol. The molecule has 288 valence electrons. The van der Waals surface area contributed by atoms with Gasteiger partial charge in [-0.3, -0.25) is 9.97 Å². The van der Waals surface area contributed by atoms with Gasteiger partial charge < -0.3 is 0 Å². The highest BCUT2D eigenvalue weighted by atomic mass is 32.2. The van der Waals surface area contributed by atoms with Crippen molar-refractivity contribution in [2.75, 3.05) is 0 Å². The number of rotatable bonds is 4. The largest absolute Gasteiger partial charge is 0.264 e. The van der Waals surface area contributed by atoms with Crippen molar-refractivity contribution < 1.29 is 0 Å². The third kappa shape index (κ3) is 5.47. The van der Waals surface area contributed by atoms with Crippen molar-refractivity contribution in [1.82, 2.24) is 19.9 Å². The molecular weight excluding hydrogens is 761 g/mol. The average molecular weight is 799 g/mol. The Morgan fingerprint density at radius 2 is 1.11 bits per heavy atom. The highest BCUT2D eigenvalue weighted by molar-refractivity contribution is 7.99. The lowest BCUT2D eigenvalue weighted by molar-refractivity contribution is 0.653. The summed E-state index contributed by atoms with van der Waals surface area (Å²) in [5, 5.41) is 0. The van der Waals surface area contributed by atoms with Crippen LogP contribution in [0, 0.1) is 0 Å². The smallest absolute Gasteiger partial charge is 0.160 e. The summed E-state index contributed by atoms with van der Waals surface area (Å²) in [5.74, 6) is 0.668. The fraction of sp³-hybridized carbons (Fsp3) is 0.0714. The standard InChI is InChI=1S/C56H38N4S/c1-55(2)44-19-9-7-17-41(44)42-30-48-53(31-47(42)55)61-52-21-11-10-20-45(52)56(48)43-18-8-6-13-35(43)22-23-36-24-25-38(29-46(36)56)50-32-51(60-54(59-50)37-14-4-3-5-15-37)40-26-27-49(58-34-40)39-16-12-28-57-33-39/h3-34H,1-2H3. The van der Waals surface area contributed by atoms with E-state index in [1.165, 1.54) is 65.4 Å². The van der Waals surface area contributed by atoms with Crippen LogP contribution in [-0.2, 0) is 10.8 Å². The molecule has 5 heteroatoms. The first kappa shape index (κ1) is 35.7. The van der Waals surface area contributed by atoms with Gasteiger partial charge in [0.1, 0.15) is 0 Å². The van der Waals surface area contributed by atoms with Crippen LogP contribution in [0.2, 0.25) is 0 Å². The molecule has 0 amide bonds. The van der Waals surface area contributed by atoms with Crippen molar-refractivity contribution in [2.45, 2.75) is 34.5 Å². The number of benzene rings is 6. The number of hydrogen-bond acceptors (Lipinski definition) is 5. The zero-order valence-corrected chi connectivity index (χ0v) is 34.5. The van der Waals surface area contributed by atoms with Crippen LogP contribution in [-0.4, -0.2) is 19.9 Å². The molecule has 6 aromatic carbocycles. The molecule has 4 heterocycles. The maximum absolute atomic E-state index is 5.33. The lowest BCUT2D eigenvalue weighted by atomic mass is 9.62. The second-order valence-corrected chi connectivity index (χ2v) is 17.7. The summed E-state index contributed by atoms with van der Waals surface area (Å²) in [6, 6.07) is 59.4. The molecule has 1 aliphatic heterocycles. The second kappa shape index (κ2) is 13.7. The van der Waals surface area contributed by atoms with Crippen molar-refractivity contribution in [3.8, 4) is 56.3 Å². The van der Waals surface area contributed by atoms with Crippen LogP contribution in [0.15, 0.2) is 192 Å². The fourth-order valence-corrected chi connectivity index (χ4v) is 11.2. The first-order valence-electron chi connectivity index (χ1n) is 20.8. The van der Waals surface area contributed by atoms with Crippen LogP contribution in [0.25, 0.3) is 68.4 Å². The van der Waals surface area contributed by atoms with Crippen molar-refractivity contribution in [3.63, 3.8) is 0 Å². The van der Waals surface area contributed by atoms with Crippen LogP contribution in [0.1, 0.15) is 58.4 Å². The van der Waals surface area contributed by atoms with Crippen LogP contribution in [0.5, 0.6) is 0 Å². The van der Waals surface area contributed by atoms with Crippen LogP contribution >= 0.6 is 11.8 Å². The van der Waals surface area contributed by atoms with Gasteiger partial charge >= 0.3 is 0 Å². The van der Waals surface area contributed by atoms with E-state index < -0.39 is 5.41 Å². The molecule has 3 aromatic heterocycles. The van der Waals surface area contributed by atoms with E-state index in [9.17, 15) is 0 Å². The van der Waals surface area contributed by atoms with Gasteiger partial charge in [0.05, 0.1) is 22.5 Å². The lowest BCUT2D eigenvalue weighted by Gasteiger charge is -2.43. The summed E-state index contributed by atoms with van der Waals surface area (Å²) < 4.78 is 0. The Morgan fingerprint density at radius 1 is 0.426 bits per heavy atom. The third-order valence-electron chi connectivity index (χ3n) is 12.9. The van der Waals surface area contributed by atoms with Gasteiger partial charge in [0.25, 0.3) is 0 Å². The van der Waals surface area contributed by atoms with E-state index in [2.05, 4.69) is 158 Å². The van der Waals surface area contributed by atoms with E-state index in [0.29, 0.717) is 5.82 Å². The minimum atomic E-state index is -0.635. The third-order valence-corrected chi connectivity index (χ3v) is 14.1. The topological polar surface area (TPSA) is 51.6 Å². The van der Waals surface area contributed by atoms with Gasteiger partial charge in [0.15, 0.2) is 5.82 Å². The van der Waals surface area contributed by atoms with Crippen LogP contribution < -0.4 is 0 Å². The molecule has 61 heavy (non-hydrogen) atoms. The van der Waals surface area contributed by atoms with Crippen molar-refractivity contribution >= 4 is 23.9 Å². The molecule has 0 saturated carbocycles. The molecule has 1 atom stereocenters. The first-order valence-corrected chi connectivity index (χ1v) is 21.6. The molecule has 4 nitrogen and oxygen atoms in total. The van der Waals surface area contributed by atoms with Gasteiger partial charge in [0, 0.05) is 56.1 Å². The second-order valence-electron chi connectivity index (χ2n) is 16.6. The highest BCUT2D eigenvalue weighted by Crippen LogP contribution is 2.61. The molecule has 0 fully saturated rings. The zero-order chi connectivity index (χ0) is 40.7. The number of hydrogen-bond donors (Lipinski definition) is 0. The number of pyridine rings is 2. The fourth-order valence-electron chi connectivity index (χ4n) is 10.00. The molecule has 9 aromatic rings. The quantitative estimate of drug-likeness (QED) is 0.177. The maximum atomic E-state index is 5.33. The molecule has 1 unspecified atom stereocenters. The Morgan fingerprint density at radius 3 is 1.92 bits per heavy atom. The Balaban J connectivity index is 1.12. The van der Waals surface area contributed by atoms with Crippen molar-refractivity contribution in [2.24, 2.45) is 0 Å². The summed E-state index contributed by atoms with van der Waals surface area (Å²) in [6.07, 6.45) is 10.1.